The summed E-state index contributed by atoms with van der Waals surface area (Å²) in [6.45, 7) is 4.46. The van der Waals surface area contributed by atoms with Crippen LogP contribution in [0.15, 0.2) is 52.7 Å². The Morgan fingerprint density at radius 2 is 1.84 bits per heavy atom. The SMILES string of the molecule is CCn1c(SCC(=O)NN=C(C)c2ccc(Cl)cc2)nnc1-c1ccc(OC)c(OC)c1. The number of halogens is 1. The van der Waals surface area contributed by atoms with E-state index in [1.165, 1.54) is 11.8 Å². The molecule has 0 fully saturated rings. The van der Waals surface area contributed by atoms with Crippen molar-refractivity contribution in [3.8, 4) is 22.9 Å². The van der Waals surface area contributed by atoms with Crippen LogP contribution >= 0.6 is 23.4 Å². The summed E-state index contributed by atoms with van der Waals surface area (Å²) >= 11 is 7.20. The molecule has 0 atom stereocenters. The lowest BCUT2D eigenvalue weighted by molar-refractivity contribution is -0.118. The molecule has 10 heteroatoms. The molecule has 0 bridgehead atoms. The van der Waals surface area contributed by atoms with E-state index in [1.807, 2.05) is 48.7 Å². The number of hydrogen-bond acceptors (Lipinski definition) is 7. The van der Waals surface area contributed by atoms with E-state index in [2.05, 4.69) is 20.7 Å². The van der Waals surface area contributed by atoms with Gasteiger partial charge in [0.25, 0.3) is 5.91 Å². The van der Waals surface area contributed by atoms with Crippen LogP contribution in [0.25, 0.3) is 11.4 Å². The summed E-state index contributed by atoms with van der Waals surface area (Å²) in [6, 6.07) is 12.8. The summed E-state index contributed by atoms with van der Waals surface area (Å²) in [7, 11) is 3.18. The molecule has 0 aliphatic carbocycles. The molecule has 1 heterocycles. The second kappa shape index (κ2) is 11.0. The van der Waals surface area contributed by atoms with Gasteiger partial charge in [0, 0.05) is 17.1 Å². The lowest BCUT2D eigenvalue weighted by atomic mass is 10.1. The van der Waals surface area contributed by atoms with Crippen molar-refractivity contribution >= 4 is 35.0 Å². The van der Waals surface area contributed by atoms with Crippen LogP contribution in [0.5, 0.6) is 11.5 Å². The fourth-order valence-corrected chi connectivity index (χ4v) is 3.85. The molecule has 3 aromatic rings. The third kappa shape index (κ3) is 5.60. The minimum absolute atomic E-state index is 0.154. The second-order valence-corrected chi connectivity index (χ2v) is 8.03. The molecule has 32 heavy (non-hydrogen) atoms. The van der Waals surface area contributed by atoms with Crippen molar-refractivity contribution in [1.29, 1.82) is 0 Å². The van der Waals surface area contributed by atoms with E-state index in [-0.39, 0.29) is 11.7 Å². The van der Waals surface area contributed by atoms with Gasteiger partial charge in [-0.2, -0.15) is 5.10 Å². The molecule has 0 aliphatic heterocycles. The number of hydrogen-bond donors (Lipinski definition) is 1. The second-order valence-electron chi connectivity index (χ2n) is 6.65. The highest BCUT2D eigenvalue weighted by molar-refractivity contribution is 7.99. The minimum atomic E-state index is -0.235. The normalized spacial score (nSPS) is 11.3. The molecule has 8 nitrogen and oxygen atoms in total. The van der Waals surface area contributed by atoms with Crippen molar-refractivity contribution in [3.63, 3.8) is 0 Å². The molecule has 0 saturated heterocycles. The summed E-state index contributed by atoms with van der Waals surface area (Å²) in [5.74, 6) is 1.86. The molecular weight excluding hydrogens is 450 g/mol. The number of benzene rings is 2. The zero-order valence-corrected chi connectivity index (χ0v) is 19.8. The van der Waals surface area contributed by atoms with Gasteiger partial charge in [0.15, 0.2) is 22.5 Å². The predicted molar refractivity (Wildman–Crippen MR) is 127 cm³/mol. The number of methoxy groups -OCH3 is 2. The molecule has 0 saturated carbocycles. The van der Waals surface area contributed by atoms with Crippen molar-refractivity contribution in [2.75, 3.05) is 20.0 Å². The van der Waals surface area contributed by atoms with Crippen LogP contribution in [0.3, 0.4) is 0 Å². The van der Waals surface area contributed by atoms with Gasteiger partial charge in [0.2, 0.25) is 0 Å². The number of carbonyl (C=O) groups excluding carboxylic acids is 1. The molecule has 168 valence electrons. The van der Waals surface area contributed by atoms with Gasteiger partial charge in [-0.25, -0.2) is 5.43 Å². The molecular formula is C22H24ClN5O3S. The Bertz CT molecular complexity index is 1120. The molecule has 1 aromatic heterocycles. The third-order valence-corrected chi connectivity index (χ3v) is 5.84. The van der Waals surface area contributed by atoms with Crippen LogP contribution in [0, 0.1) is 0 Å². The fourth-order valence-electron chi connectivity index (χ4n) is 2.93. The molecule has 0 spiro atoms. The number of ether oxygens (including phenoxy) is 2. The topological polar surface area (TPSA) is 90.6 Å². The third-order valence-electron chi connectivity index (χ3n) is 4.62. The monoisotopic (exact) mass is 473 g/mol. The van der Waals surface area contributed by atoms with E-state index < -0.39 is 0 Å². The fraction of sp³-hybridized carbons (Fsp3) is 0.273. The van der Waals surface area contributed by atoms with Gasteiger partial charge in [-0.05, 0) is 49.7 Å². The van der Waals surface area contributed by atoms with Crippen LogP contribution < -0.4 is 14.9 Å². The average Bonchev–Trinajstić information content (AvgIpc) is 3.24. The van der Waals surface area contributed by atoms with Gasteiger partial charge in [-0.3, -0.25) is 4.79 Å². The van der Waals surface area contributed by atoms with Gasteiger partial charge in [-0.1, -0.05) is 35.5 Å². The number of aromatic nitrogens is 3. The van der Waals surface area contributed by atoms with Crippen molar-refractivity contribution < 1.29 is 14.3 Å². The average molecular weight is 474 g/mol. The van der Waals surface area contributed by atoms with Gasteiger partial charge in [0.05, 0.1) is 25.7 Å². The van der Waals surface area contributed by atoms with E-state index >= 15 is 0 Å². The Hall–Kier alpha value is -3.04. The summed E-state index contributed by atoms with van der Waals surface area (Å²) in [5, 5.41) is 14.0. The van der Waals surface area contributed by atoms with Crippen LogP contribution in [0.2, 0.25) is 5.02 Å². The van der Waals surface area contributed by atoms with Gasteiger partial charge < -0.3 is 14.0 Å². The summed E-state index contributed by atoms with van der Waals surface area (Å²) < 4.78 is 12.6. The summed E-state index contributed by atoms with van der Waals surface area (Å²) in [4.78, 5) is 12.3. The smallest absolute Gasteiger partial charge is 0.250 e. The van der Waals surface area contributed by atoms with Gasteiger partial charge >= 0.3 is 0 Å². The van der Waals surface area contributed by atoms with Gasteiger partial charge in [0.1, 0.15) is 0 Å². The lowest BCUT2D eigenvalue weighted by Crippen LogP contribution is -2.21. The van der Waals surface area contributed by atoms with Crippen LogP contribution in [-0.4, -0.2) is 46.4 Å². The van der Waals surface area contributed by atoms with Crippen molar-refractivity contribution in [2.45, 2.75) is 25.5 Å². The predicted octanol–water partition coefficient (Wildman–Crippen LogP) is 4.27. The van der Waals surface area contributed by atoms with Crippen LogP contribution in [-0.2, 0) is 11.3 Å². The number of carbonyl (C=O) groups is 1. The van der Waals surface area contributed by atoms with Crippen LogP contribution in [0.4, 0.5) is 0 Å². The Morgan fingerprint density at radius 1 is 1.12 bits per heavy atom. The Morgan fingerprint density at radius 3 is 2.50 bits per heavy atom. The molecule has 0 aliphatic rings. The molecule has 3 rings (SSSR count). The maximum absolute atomic E-state index is 12.3. The lowest BCUT2D eigenvalue weighted by Gasteiger charge is -2.10. The Labute approximate surface area is 196 Å². The first kappa shape index (κ1) is 23.6. The number of nitrogens with one attached hydrogen (secondary N) is 1. The van der Waals surface area contributed by atoms with Crippen molar-refractivity contribution in [1.82, 2.24) is 20.2 Å². The van der Waals surface area contributed by atoms with Gasteiger partial charge in [-0.15, -0.1) is 10.2 Å². The van der Waals surface area contributed by atoms with Crippen molar-refractivity contribution in [3.05, 3.63) is 53.1 Å². The molecule has 2 aromatic carbocycles. The van der Waals surface area contributed by atoms with E-state index in [0.717, 1.165) is 11.1 Å². The number of nitrogens with zero attached hydrogens (tertiary/aromatic N) is 4. The molecule has 1 amide bonds. The maximum atomic E-state index is 12.3. The summed E-state index contributed by atoms with van der Waals surface area (Å²) in [5.41, 5.74) is 4.99. The number of hydrazone groups is 1. The maximum Gasteiger partial charge on any atom is 0.250 e. The number of thioether (sulfide) groups is 1. The number of rotatable bonds is 9. The highest BCUT2D eigenvalue weighted by atomic mass is 35.5. The van der Waals surface area contributed by atoms with Crippen molar-refractivity contribution in [2.24, 2.45) is 5.10 Å². The Kier molecular flexibility index (Phi) is 8.13. The van der Waals surface area contributed by atoms with E-state index in [0.29, 0.717) is 39.8 Å². The largest absolute Gasteiger partial charge is 0.493 e. The van der Waals surface area contributed by atoms with E-state index in [1.54, 1.807) is 26.4 Å². The molecule has 0 unspecified atom stereocenters. The highest BCUT2D eigenvalue weighted by Crippen LogP contribution is 2.32. The first-order chi connectivity index (χ1) is 15.5. The zero-order valence-electron chi connectivity index (χ0n) is 18.3. The minimum Gasteiger partial charge on any atom is -0.493 e. The quantitative estimate of drug-likeness (QED) is 0.283. The Balaban J connectivity index is 1.67. The van der Waals surface area contributed by atoms with E-state index in [9.17, 15) is 4.79 Å². The van der Waals surface area contributed by atoms with Crippen LogP contribution in [0.1, 0.15) is 19.4 Å². The van der Waals surface area contributed by atoms with E-state index in [4.69, 9.17) is 21.1 Å². The molecule has 1 N–H and O–H groups in total. The molecule has 0 radical (unpaired) electrons. The highest BCUT2D eigenvalue weighted by Gasteiger charge is 2.16. The first-order valence-electron chi connectivity index (χ1n) is 9.84. The standard InChI is InChI=1S/C22H24ClN5O3S/c1-5-28-21(16-8-11-18(30-3)19(12-16)31-4)26-27-22(28)32-13-20(29)25-24-14(2)15-6-9-17(23)10-7-15/h6-12H,5,13H2,1-4H3,(H,25,29). The number of amides is 1. The first-order valence-corrected chi connectivity index (χ1v) is 11.2. The zero-order chi connectivity index (χ0) is 23.1. The summed E-state index contributed by atoms with van der Waals surface area (Å²) in [6.07, 6.45) is 0.